The number of rotatable bonds is 7. The van der Waals surface area contributed by atoms with Crippen molar-refractivity contribution in [1.82, 2.24) is 10.7 Å². The second kappa shape index (κ2) is 11.1. The van der Waals surface area contributed by atoms with Gasteiger partial charge in [-0.05, 0) is 61.7 Å². The third kappa shape index (κ3) is 7.00. The molecule has 0 aliphatic heterocycles. The average Bonchev–Trinajstić information content (AvgIpc) is 2.69. The summed E-state index contributed by atoms with van der Waals surface area (Å²) in [5.41, 5.74) is 5.42. The van der Waals surface area contributed by atoms with Crippen LogP contribution in [0, 0.1) is 13.8 Å². The minimum Gasteiger partial charge on any atom is -0.484 e. The quantitative estimate of drug-likeness (QED) is 0.325. The highest BCUT2D eigenvalue weighted by Gasteiger charge is 2.11. The number of benzene rings is 2. The van der Waals surface area contributed by atoms with E-state index >= 15 is 0 Å². The molecule has 0 spiro atoms. The summed E-state index contributed by atoms with van der Waals surface area (Å²) in [6.07, 6.45) is 1.37. The molecule has 158 valence electrons. The number of nitrogens with one attached hydrogen (secondary N) is 3. The molecule has 3 amide bonds. The summed E-state index contributed by atoms with van der Waals surface area (Å²) in [6.45, 7) is 5.73. The molecule has 0 bridgehead atoms. The van der Waals surface area contributed by atoms with E-state index in [4.69, 9.17) is 4.74 Å². The lowest BCUT2D eigenvalue weighted by atomic mass is 10.1. The van der Waals surface area contributed by atoms with Gasteiger partial charge in [-0.2, -0.15) is 5.10 Å². The first-order valence-corrected chi connectivity index (χ1v) is 10.00. The van der Waals surface area contributed by atoms with Crippen LogP contribution in [0.1, 0.15) is 23.6 Å². The molecule has 0 radical (unpaired) electrons. The van der Waals surface area contributed by atoms with Crippen molar-refractivity contribution < 1.29 is 19.1 Å². The molecule has 9 heteroatoms. The Bertz CT molecular complexity index is 952. The van der Waals surface area contributed by atoms with Crippen molar-refractivity contribution in [2.45, 2.75) is 20.8 Å². The Morgan fingerprint density at radius 2 is 1.80 bits per heavy atom. The molecule has 0 atom stereocenters. The molecule has 0 unspecified atom stereocenters. The van der Waals surface area contributed by atoms with Crippen LogP contribution in [-0.2, 0) is 14.4 Å². The average molecular weight is 475 g/mol. The SMILES string of the molecule is CCNC(=O)C(=O)N/N=C\c1cccc(OCC(=O)Nc2c(C)cc(Br)cc2C)c1. The molecule has 0 fully saturated rings. The normalized spacial score (nSPS) is 10.5. The van der Waals surface area contributed by atoms with Gasteiger partial charge in [-0.25, -0.2) is 5.43 Å². The van der Waals surface area contributed by atoms with Crippen LogP contribution < -0.4 is 20.8 Å². The lowest BCUT2D eigenvalue weighted by Gasteiger charge is -2.13. The van der Waals surface area contributed by atoms with Crippen LogP contribution in [0.4, 0.5) is 5.69 Å². The Hall–Kier alpha value is -3.20. The van der Waals surface area contributed by atoms with Crippen molar-refractivity contribution in [1.29, 1.82) is 0 Å². The number of ether oxygens (including phenoxy) is 1. The van der Waals surface area contributed by atoms with Crippen LogP contribution >= 0.6 is 15.9 Å². The van der Waals surface area contributed by atoms with Gasteiger partial charge >= 0.3 is 11.8 Å². The van der Waals surface area contributed by atoms with Gasteiger partial charge in [0.25, 0.3) is 5.91 Å². The van der Waals surface area contributed by atoms with Gasteiger partial charge in [0.1, 0.15) is 5.75 Å². The summed E-state index contributed by atoms with van der Waals surface area (Å²) >= 11 is 3.43. The minimum absolute atomic E-state index is 0.163. The van der Waals surface area contributed by atoms with Crippen molar-refractivity contribution in [3.8, 4) is 5.75 Å². The zero-order valence-corrected chi connectivity index (χ0v) is 18.5. The molecule has 0 saturated carbocycles. The van der Waals surface area contributed by atoms with Gasteiger partial charge < -0.3 is 15.4 Å². The zero-order valence-electron chi connectivity index (χ0n) is 16.9. The third-order valence-electron chi connectivity index (χ3n) is 3.91. The third-order valence-corrected chi connectivity index (χ3v) is 4.37. The number of carbonyl (C=O) groups is 3. The second-order valence-corrected chi connectivity index (χ2v) is 7.30. The van der Waals surface area contributed by atoms with Crippen molar-refractivity contribution in [2.75, 3.05) is 18.5 Å². The van der Waals surface area contributed by atoms with E-state index in [2.05, 4.69) is 37.1 Å². The highest BCUT2D eigenvalue weighted by atomic mass is 79.9. The number of nitrogens with zero attached hydrogens (tertiary/aromatic N) is 1. The first kappa shape index (κ1) is 23.1. The fourth-order valence-corrected chi connectivity index (χ4v) is 3.26. The number of halogens is 1. The van der Waals surface area contributed by atoms with Crippen molar-refractivity contribution in [3.05, 3.63) is 57.6 Å². The summed E-state index contributed by atoms with van der Waals surface area (Å²) in [7, 11) is 0. The van der Waals surface area contributed by atoms with Crippen LogP contribution in [-0.4, -0.2) is 37.1 Å². The standard InChI is InChI=1S/C21H23BrN4O4/c1-4-23-20(28)21(29)26-24-11-15-6-5-7-17(10-15)30-12-18(27)25-19-13(2)8-16(22)9-14(19)3/h5-11H,4,12H2,1-3H3,(H,23,28)(H,25,27)(H,26,29)/b24-11-. The van der Waals surface area contributed by atoms with Crippen LogP contribution in [0.5, 0.6) is 5.75 Å². The van der Waals surface area contributed by atoms with E-state index in [-0.39, 0.29) is 12.5 Å². The van der Waals surface area contributed by atoms with Gasteiger partial charge in [0.2, 0.25) is 0 Å². The highest BCUT2D eigenvalue weighted by Crippen LogP contribution is 2.25. The first-order chi connectivity index (χ1) is 14.3. The Balaban J connectivity index is 1.91. The Morgan fingerprint density at radius 3 is 2.47 bits per heavy atom. The lowest BCUT2D eigenvalue weighted by molar-refractivity contribution is -0.139. The minimum atomic E-state index is -0.851. The van der Waals surface area contributed by atoms with Crippen LogP contribution in [0.15, 0.2) is 46.0 Å². The molecule has 0 aliphatic carbocycles. The number of likely N-dealkylation sites (N-methyl/N-ethyl adjacent to an activating group) is 1. The molecular weight excluding hydrogens is 452 g/mol. The van der Waals surface area contributed by atoms with Crippen molar-refractivity contribution >= 4 is 45.6 Å². The monoisotopic (exact) mass is 474 g/mol. The molecular formula is C21H23BrN4O4. The van der Waals surface area contributed by atoms with Gasteiger partial charge in [0, 0.05) is 16.7 Å². The van der Waals surface area contributed by atoms with Crippen LogP contribution in [0.25, 0.3) is 0 Å². The van der Waals surface area contributed by atoms with Crippen LogP contribution in [0.2, 0.25) is 0 Å². The maximum Gasteiger partial charge on any atom is 0.329 e. The molecule has 0 aliphatic rings. The van der Waals surface area contributed by atoms with Gasteiger partial charge in [-0.3, -0.25) is 14.4 Å². The molecule has 0 heterocycles. The van der Waals surface area contributed by atoms with E-state index in [0.29, 0.717) is 17.9 Å². The maximum absolute atomic E-state index is 12.3. The van der Waals surface area contributed by atoms with Gasteiger partial charge in [0.15, 0.2) is 6.61 Å². The number of hydrogen-bond donors (Lipinski definition) is 3. The lowest BCUT2D eigenvalue weighted by Crippen LogP contribution is -2.37. The molecule has 8 nitrogen and oxygen atoms in total. The number of aryl methyl sites for hydroxylation is 2. The molecule has 0 aromatic heterocycles. The maximum atomic E-state index is 12.3. The molecule has 2 aromatic carbocycles. The van der Waals surface area contributed by atoms with E-state index in [1.807, 2.05) is 26.0 Å². The van der Waals surface area contributed by atoms with Crippen molar-refractivity contribution in [2.24, 2.45) is 5.10 Å². The predicted octanol–water partition coefficient (Wildman–Crippen LogP) is 2.67. The zero-order chi connectivity index (χ0) is 22.1. The summed E-state index contributed by atoms with van der Waals surface area (Å²) in [6, 6.07) is 10.7. The molecule has 2 rings (SSSR count). The van der Waals surface area contributed by atoms with Crippen molar-refractivity contribution in [3.63, 3.8) is 0 Å². The largest absolute Gasteiger partial charge is 0.484 e. The number of anilines is 1. The van der Waals surface area contributed by atoms with Gasteiger partial charge in [0.05, 0.1) is 6.21 Å². The second-order valence-electron chi connectivity index (χ2n) is 6.38. The summed E-state index contributed by atoms with van der Waals surface area (Å²) < 4.78 is 6.50. The fraction of sp³-hybridized carbons (Fsp3) is 0.238. The van der Waals surface area contributed by atoms with E-state index < -0.39 is 11.8 Å². The number of carbonyl (C=O) groups excluding carboxylic acids is 3. The molecule has 2 aromatic rings. The summed E-state index contributed by atoms with van der Waals surface area (Å²) in [5.74, 6) is -1.42. The van der Waals surface area contributed by atoms with E-state index in [1.54, 1.807) is 31.2 Å². The number of hydrazone groups is 1. The molecule has 30 heavy (non-hydrogen) atoms. The number of amides is 3. The topological polar surface area (TPSA) is 109 Å². The fourth-order valence-electron chi connectivity index (χ4n) is 2.57. The molecule has 0 saturated heterocycles. The smallest absolute Gasteiger partial charge is 0.329 e. The van der Waals surface area contributed by atoms with E-state index in [0.717, 1.165) is 21.3 Å². The Kier molecular flexibility index (Phi) is 8.54. The first-order valence-electron chi connectivity index (χ1n) is 9.20. The predicted molar refractivity (Wildman–Crippen MR) is 119 cm³/mol. The Labute approximate surface area is 183 Å². The van der Waals surface area contributed by atoms with E-state index in [1.165, 1.54) is 6.21 Å². The highest BCUT2D eigenvalue weighted by molar-refractivity contribution is 9.10. The van der Waals surface area contributed by atoms with Crippen LogP contribution in [0.3, 0.4) is 0 Å². The van der Waals surface area contributed by atoms with E-state index in [9.17, 15) is 14.4 Å². The Morgan fingerprint density at radius 1 is 1.10 bits per heavy atom. The number of hydrogen-bond acceptors (Lipinski definition) is 5. The molecule has 3 N–H and O–H groups in total. The summed E-state index contributed by atoms with van der Waals surface area (Å²) in [5, 5.41) is 8.97. The van der Waals surface area contributed by atoms with Gasteiger partial charge in [-0.1, -0.05) is 28.1 Å². The summed E-state index contributed by atoms with van der Waals surface area (Å²) in [4.78, 5) is 35.1. The van der Waals surface area contributed by atoms with Gasteiger partial charge in [-0.15, -0.1) is 0 Å².